The maximum absolute atomic E-state index is 13.5. The number of nitrogens with one attached hydrogen (secondary N) is 1. The molecule has 0 fully saturated rings. The largest absolute Gasteiger partial charge is 0.325 e. The van der Waals surface area contributed by atoms with Crippen LogP contribution in [0.25, 0.3) is 10.2 Å². The molecule has 4 nitrogen and oxygen atoms in total. The quantitative estimate of drug-likeness (QED) is 0.566. The maximum Gasteiger partial charge on any atom is 0.237 e. The summed E-state index contributed by atoms with van der Waals surface area (Å²) in [4.78, 5) is 21.6. The number of thiophene rings is 1. The van der Waals surface area contributed by atoms with Gasteiger partial charge in [0.2, 0.25) is 5.91 Å². The lowest BCUT2D eigenvalue weighted by molar-refractivity contribution is -0.115. The van der Waals surface area contributed by atoms with E-state index in [2.05, 4.69) is 15.3 Å². The molecule has 2 heterocycles. The van der Waals surface area contributed by atoms with Crippen molar-refractivity contribution in [1.82, 2.24) is 9.97 Å². The molecule has 0 aliphatic rings. The highest BCUT2D eigenvalue weighted by Crippen LogP contribution is 2.30. The lowest BCUT2D eigenvalue weighted by atomic mass is 10.2. The minimum Gasteiger partial charge on any atom is -0.325 e. The van der Waals surface area contributed by atoms with Crippen molar-refractivity contribution < 1.29 is 9.18 Å². The van der Waals surface area contributed by atoms with E-state index in [9.17, 15) is 9.18 Å². The first kappa shape index (κ1) is 15.9. The summed E-state index contributed by atoms with van der Waals surface area (Å²) in [6.45, 7) is 3.48. The van der Waals surface area contributed by atoms with E-state index in [4.69, 9.17) is 0 Å². The highest BCUT2D eigenvalue weighted by atomic mass is 32.2. The van der Waals surface area contributed by atoms with Crippen molar-refractivity contribution in [2.75, 3.05) is 5.32 Å². The molecule has 0 saturated heterocycles. The van der Waals surface area contributed by atoms with Crippen LogP contribution in [0.1, 0.15) is 12.5 Å². The van der Waals surface area contributed by atoms with Gasteiger partial charge in [0, 0.05) is 11.1 Å². The summed E-state index contributed by atoms with van der Waals surface area (Å²) >= 11 is 2.90. The number of fused-ring (bicyclic) bond motifs is 1. The Hall–Kier alpha value is -1.99. The van der Waals surface area contributed by atoms with Crippen molar-refractivity contribution in [2.45, 2.75) is 24.1 Å². The molecule has 0 radical (unpaired) electrons. The molecule has 1 N–H and O–H groups in total. The number of carbonyl (C=O) groups is 1. The third-order valence-corrected chi connectivity index (χ3v) is 5.26. The van der Waals surface area contributed by atoms with Crippen LogP contribution in [0, 0.1) is 12.7 Å². The monoisotopic (exact) mass is 347 g/mol. The molecule has 0 aliphatic carbocycles. The third kappa shape index (κ3) is 3.51. The second kappa shape index (κ2) is 6.64. The molecule has 1 atom stereocenters. The zero-order chi connectivity index (χ0) is 16.4. The molecule has 118 valence electrons. The van der Waals surface area contributed by atoms with Crippen molar-refractivity contribution in [2.24, 2.45) is 0 Å². The Morgan fingerprint density at radius 3 is 2.96 bits per heavy atom. The van der Waals surface area contributed by atoms with E-state index in [1.165, 1.54) is 35.5 Å². The van der Waals surface area contributed by atoms with E-state index in [0.717, 1.165) is 15.2 Å². The minimum atomic E-state index is -0.364. The first-order valence-electron chi connectivity index (χ1n) is 6.96. The number of aromatic nitrogens is 2. The van der Waals surface area contributed by atoms with Crippen LogP contribution < -0.4 is 5.32 Å². The van der Waals surface area contributed by atoms with Gasteiger partial charge in [-0.05, 0) is 43.0 Å². The third-order valence-electron chi connectivity index (χ3n) is 3.32. The Kier molecular flexibility index (Phi) is 4.58. The molecule has 0 spiro atoms. The first-order chi connectivity index (χ1) is 11.0. The Labute approximate surface area is 141 Å². The van der Waals surface area contributed by atoms with Crippen LogP contribution >= 0.6 is 23.1 Å². The predicted molar refractivity (Wildman–Crippen MR) is 92.5 cm³/mol. The molecule has 1 amide bonds. The molecular weight excluding hydrogens is 333 g/mol. The van der Waals surface area contributed by atoms with E-state index in [1.54, 1.807) is 26.0 Å². The van der Waals surface area contributed by atoms with E-state index in [-0.39, 0.29) is 17.0 Å². The van der Waals surface area contributed by atoms with Gasteiger partial charge in [-0.2, -0.15) is 0 Å². The van der Waals surface area contributed by atoms with Gasteiger partial charge in [-0.15, -0.1) is 11.3 Å². The molecule has 3 aromatic rings. The van der Waals surface area contributed by atoms with Gasteiger partial charge in [0.15, 0.2) is 0 Å². The summed E-state index contributed by atoms with van der Waals surface area (Å²) in [7, 11) is 0. The Morgan fingerprint density at radius 2 is 2.17 bits per heavy atom. The summed E-state index contributed by atoms with van der Waals surface area (Å²) in [5.74, 6) is -0.529. The average Bonchev–Trinajstić information content (AvgIpc) is 3.00. The minimum absolute atomic E-state index is 0.194. The molecule has 0 bridgehead atoms. The van der Waals surface area contributed by atoms with Crippen molar-refractivity contribution in [1.29, 1.82) is 0 Å². The van der Waals surface area contributed by atoms with Gasteiger partial charge < -0.3 is 5.32 Å². The van der Waals surface area contributed by atoms with E-state index >= 15 is 0 Å². The highest BCUT2D eigenvalue weighted by Gasteiger charge is 2.17. The number of hydrogen-bond acceptors (Lipinski definition) is 5. The van der Waals surface area contributed by atoms with Gasteiger partial charge in [0.25, 0.3) is 0 Å². The second-order valence-corrected chi connectivity index (χ2v) is 7.26. The number of rotatable bonds is 4. The zero-order valence-electron chi connectivity index (χ0n) is 12.5. The number of thioether (sulfide) groups is 1. The molecule has 2 aromatic heterocycles. The fourth-order valence-corrected chi connectivity index (χ4v) is 3.69. The van der Waals surface area contributed by atoms with Crippen molar-refractivity contribution in [3.8, 4) is 0 Å². The first-order valence-corrected chi connectivity index (χ1v) is 8.72. The molecule has 7 heteroatoms. The normalized spacial score (nSPS) is 12.3. The van der Waals surface area contributed by atoms with Crippen LogP contribution in [0.2, 0.25) is 0 Å². The smallest absolute Gasteiger partial charge is 0.237 e. The number of nitrogens with zero attached hydrogens (tertiary/aromatic N) is 2. The fraction of sp³-hybridized carbons (Fsp3) is 0.188. The zero-order valence-corrected chi connectivity index (χ0v) is 14.2. The Balaban J connectivity index is 1.72. The number of halogens is 1. The van der Waals surface area contributed by atoms with Crippen LogP contribution in [-0.4, -0.2) is 21.1 Å². The summed E-state index contributed by atoms with van der Waals surface area (Å²) in [5, 5.41) is 6.04. The van der Waals surface area contributed by atoms with E-state index < -0.39 is 0 Å². The highest BCUT2D eigenvalue weighted by molar-refractivity contribution is 8.00. The standard InChI is InChI=1S/C16H14FN3OS2/c1-9-3-4-11(7-13(9)17)20-14(21)10(2)23-16-12-5-6-22-15(12)18-8-19-16/h3-8,10H,1-2H3,(H,20,21)/t10-/m0/s1. The van der Waals surface area contributed by atoms with Gasteiger partial charge >= 0.3 is 0 Å². The lowest BCUT2D eigenvalue weighted by Gasteiger charge is -2.12. The van der Waals surface area contributed by atoms with Crippen LogP contribution in [0.3, 0.4) is 0 Å². The second-order valence-electron chi connectivity index (χ2n) is 5.03. The molecular formula is C16H14FN3OS2. The van der Waals surface area contributed by atoms with Crippen LogP contribution in [-0.2, 0) is 4.79 Å². The Morgan fingerprint density at radius 1 is 1.35 bits per heavy atom. The summed E-state index contributed by atoms with van der Waals surface area (Å²) in [5.41, 5.74) is 1.00. The number of amides is 1. The SMILES string of the molecule is Cc1ccc(NC(=O)[C@H](C)Sc2ncnc3sccc23)cc1F. The summed E-state index contributed by atoms with van der Waals surface area (Å²) in [6, 6.07) is 6.60. The van der Waals surface area contributed by atoms with Gasteiger partial charge in [-0.3, -0.25) is 4.79 Å². The lowest BCUT2D eigenvalue weighted by Crippen LogP contribution is -2.22. The van der Waals surface area contributed by atoms with E-state index in [0.29, 0.717) is 11.3 Å². The van der Waals surface area contributed by atoms with Crippen molar-refractivity contribution >= 4 is 44.9 Å². The number of carbonyl (C=O) groups excluding carboxylic acids is 1. The number of hydrogen-bond donors (Lipinski definition) is 1. The van der Waals surface area contributed by atoms with Crippen molar-refractivity contribution in [3.05, 3.63) is 47.4 Å². The number of benzene rings is 1. The van der Waals surface area contributed by atoms with Crippen LogP contribution in [0.15, 0.2) is 41.0 Å². The molecule has 0 unspecified atom stereocenters. The summed E-state index contributed by atoms with van der Waals surface area (Å²) < 4.78 is 13.5. The molecule has 0 saturated carbocycles. The van der Waals surface area contributed by atoms with Gasteiger partial charge in [-0.25, -0.2) is 14.4 Å². The predicted octanol–water partition coefficient (Wildman–Crippen LogP) is 4.26. The topological polar surface area (TPSA) is 54.9 Å². The Bertz CT molecular complexity index is 865. The maximum atomic E-state index is 13.5. The number of anilines is 1. The fourth-order valence-electron chi connectivity index (χ4n) is 2.00. The summed E-state index contributed by atoms with van der Waals surface area (Å²) in [6.07, 6.45) is 1.50. The average molecular weight is 347 g/mol. The van der Waals surface area contributed by atoms with Gasteiger partial charge in [-0.1, -0.05) is 17.8 Å². The number of aryl methyl sites for hydroxylation is 1. The molecule has 3 rings (SSSR count). The van der Waals surface area contributed by atoms with Crippen LogP contribution in [0.5, 0.6) is 0 Å². The molecule has 23 heavy (non-hydrogen) atoms. The van der Waals surface area contributed by atoms with Gasteiger partial charge in [0.05, 0.1) is 5.25 Å². The van der Waals surface area contributed by atoms with Gasteiger partial charge in [0.1, 0.15) is 22.0 Å². The molecule has 1 aromatic carbocycles. The van der Waals surface area contributed by atoms with Crippen molar-refractivity contribution in [3.63, 3.8) is 0 Å². The van der Waals surface area contributed by atoms with E-state index in [1.807, 2.05) is 11.4 Å². The van der Waals surface area contributed by atoms with Crippen LogP contribution in [0.4, 0.5) is 10.1 Å². The molecule has 0 aliphatic heterocycles.